The monoisotopic (exact) mass is 1950 g/mol. The first-order valence-electron chi connectivity index (χ1n) is 50.8. The molecule has 6 aliphatic heterocycles. The summed E-state index contributed by atoms with van der Waals surface area (Å²) in [7, 11) is 0. The highest BCUT2D eigenvalue weighted by molar-refractivity contribution is 7.80. The third kappa shape index (κ3) is 23.8. The number of benzene rings is 6. The van der Waals surface area contributed by atoms with Crippen molar-refractivity contribution in [3.63, 3.8) is 0 Å². The summed E-state index contributed by atoms with van der Waals surface area (Å²) in [4.78, 5) is 75.7. The number of hydrogen-bond acceptors (Lipinski definition) is 23. The number of nitrogens with one attached hydrogen (secondary N) is 6. The molecule has 0 radical (unpaired) electrons. The van der Waals surface area contributed by atoms with Gasteiger partial charge in [0.1, 0.15) is 36.4 Å². The van der Waals surface area contributed by atoms with Crippen LogP contribution in [-0.2, 0) is 68.2 Å². The minimum absolute atomic E-state index is 0.105. The highest BCUT2D eigenvalue weighted by Crippen LogP contribution is 2.64. The molecule has 6 heterocycles. The van der Waals surface area contributed by atoms with Crippen LogP contribution >= 0.6 is 36.7 Å². The van der Waals surface area contributed by atoms with Crippen LogP contribution in [0.5, 0.6) is 0 Å². The van der Waals surface area contributed by atoms with Crippen LogP contribution in [0.2, 0.25) is 0 Å². The highest BCUT2D eigenvalue weighted by atomic mass is 32.1. The number of fused-ring (bicyclic) bond motifs is 6. The SMILES string of the molecule is C[C@@H]1[C@@H](NC(=O)[C@@H]2[C@H]([C@H](C)O)[C@H](CO)ON2Cc2cccc(N3CCN(C(=S)NCc4ccccc4)CC3)c2)C[C@H]2C[C@@H]1C2(C)C.C[C@@H]1[C@@H](NC(=O)[C@@H]2[C@H]([C@H](C)O)[C@H](CO)ON2Cc2cccc(N3CCN(C(=S)NCc4ccccc4)CC3)c2)C[C@H]2C[C@@H]1C2(C)C.C[C@@H]1[C@@H](NC(=O)[C@@H]2[C@H]([C@H](C)O)[C@H](CO)ON2Cc2cccc(N3CCNCC3)c2)C[C@H]2C[C@@H]1C2(C)C.S=C=NCc1ccccc1. The molecule has 6 saturated heterocycles. The molecular formula is C108H153N15O12S3. The van der Waals surface area contributed by atoms with Gasteiger partial charge in [0.25, 0.3) is 0 Å². The van der Waals surface area contributed by atoms with E-state index in [1.807, 2.05) is 103 Å². The fourth-order valence-corrected chi connectivity index (χ4v) is 25.9. The highest BCUT2D eigenvalue weighted by Gasteiger charge is 2.61. The lowest BCUT2D eigenvalue weighted by Gasteiger charge is -2.62. The Labute approximate surface area is 834 Å². The van der Waals surface area contributed by atoms with E-state index in [9.17, 15) is 45.0 Å². The maximum Gasteiger partial charge on any atom is 0.240 e. The Morgan fingerprint density at radius 1 is 0.420 bits per heavy atom. The second-order valence-corrected chi connectivity index (χ2v) is 44.0. The third-order valence-corrected chi connectivity index (χ3v) is 35.0. The number of thiocarbonyl (C=S) groups is 3. The van der Waals surface area contributed by atoms with Gasteiger partial charge in [-0.05, 0) is 235 Å². The van der Waals surface area contributed by atoms with Gasteiger partial charge in [-0.15, -0.1) is 0 Å². The lowest BCUT2D eigenvalue weighted by Crippen LogP contribution is -2.62. The number of aliphatic hydroxyl groups is 6. The number of nitrogens with zero attached hydrogens (tertiary/aromatic N) is 9. The topological polar surface area (TPSA) is 311 Å². The van der Waals surface area contributed by atoms with Crippen molar-refractivity contribution in [1.82, 2.24) is 56.9 Å². The number of rotatable bonds is 27. The number of anilines is 3. The van der Waals surface area contributed by atoms with Crippen molar-refractivity contribution in [3.8, 4) is 0 Å². The van der Waals surface area contributed by atoms with Gasteiger partial charge in [-0.2, -0.15) is 15.2 Å². The molecule has 6 bridgehead atoms. The molecule has 750 valence electrons. The van der Waals surface area contributed by atoms with Crippen LogP contribution < -0.4 is 46.6 Å². The van der Waals surface area contributed by atoms with E-state index in [1.165, 1.54) is 36.0 Å². The third-order valence-electron chi connectivity index (χ3n) is 34.0. The van der Waals surface area contributed by atoms with E-state index >= 15 is 0 Å². The van der Waals surface area contributed by atoms with E-state index < -0.39 is 72.5 Å². The Morgan fingerprint density at radius 3 is 0.986 bits per heavy atom. The summed E-state index contributed by atoms with van der Waals surface area (Å²) in [6.45, 7) is 39.0. The Hall–Kier alpha value is -8.21. The van der Waals surface area contributed by atoms with Crippen molar-refractivity contribution in [2.24, 2.45) is 92.3 Å². The van der Waals surface area contributed by atoms with Gasteiger partial charge in [-0.1, -0.05) is 190 Å². The molecule has 21 rings (SSSR count). The molecule has 30 heteroatoms. The Bertz CT molecular complexity index is 4860. The van der Waals surface area contributed by atoms with Gasteiger partial charge in [0.15, 0.2) is 10.2 Å². The predicted molar refractivity (Wildman–Crippen MR) is 552 cm³/mol. The van der Waals surface area contributed by atoms with E-state index in [0.717, 1.165) is 142 Å². The van der Waals surface area contributed by atoms with Gasteiger partial charge >= 0.3 is 0 Å². The first kappa shape index (κ1) is 104. The smallest absolute Gasteiger partial charge is 0.240 e. The average Bonchev–Trinajstić information content (AvgIpc) is 0.832. The molecule has 6 aromatic carbocycles. The van der Waals surface area contributed by atoms with E-state index in [1.54, 1.807) is 36.0 Å². The zero-order chi connectivity index (χ0) is 98.0. The van der Waals surface area contributed by atoms with Gasteiger partial charge < -0.3 is 87.0 Å². The van der Waals surface area contributed by atoms with Crippen LogP contribution in [0.25, 0.3) is 0 Å². The van der Waals surface area contributed by atoms with E-state index in [0.29, 0.717) is 109 Å². The summed E-state index contributed by atoms with van der Waals surface area (Å²) in [5, 5.41) is 91.8. The molecule has 27 nitrogen and oxygen atoms in total. The normalized spacial score (nSPS) is 31.0. The predicted octanol–water partition coefficient (Wildman–Crippen LogP) is 11.1. The molecule has 15 fully saturated rings. The van der Waals surface area contributed by atoms with Crippen LogP contribution in [0.3, 0.4) is 0 Å². The summed E-state index contributed by atoms with van der Waals surface area (Å²) in [5.74, 6) is 3.01. The Morgan fingerprint density at radius 2 is 0.710 bits per heavy atom. The molecule has 24 atom stereocenters. The number of amides is 3. The quantitative estimate of drug-likeness (QED) is 0.0168. The van der Waals surface area contributed by atoms with Gasteiger partial charge in [0.05, 0.1) is 69.5 Å². The van der Waals surface area contributed by atoms with Crippen LogP contribution in [0.15, 0.2) is 169 Å². The van der Waals surface area contributed by atoms with Crippen molar-refractivity contribution in [2.75, 3.05) is 113 Å². The van der Waals surface area contributed by atoms with E-state index in [2.05, 4.69) is 202 Å². The fraction of sp³-hybridized carbons (Fsp3) is 0.611. The van der Waals surface area contributed by atoms with Crippen LogP contribution in [-0.4, -0.2) is 260 Å². The first-order chi connectivity index (χ1) is 66.3. The number of isothiocyanates is 1. The number of carbonyl (C=O) groups is 3. The van der Waals surface area contributed by atoms with Crippen molar-refractivity contribution >= 4 is 86.8 Å². The van der Waals surface area contributed by atoms with Crippen LogP contribution in [0, 0.1) is 87.3 Å². The lowest BCUT2D eigenvalue weighted by molar-refractivity contribution is -0.183. The first-order valence-corrected chi connectivity index (χ1v) is 52.0. The van der Waals surface area contributed by atoms with Crippen LogP contribution in [0.4, 0.5) is 17.1 Å². The fourth-order valence-electron chi connectivity index (χ4n) is 25.3. The van der Waals surface area contributed by atoms with Gasteiger partial charge in [-0.25, -0.2) is 4.99 Å². The molecule has 0 spiro atoms. The summed E-state index contributed by atoms with van der Waals surface area (Å²) in [6, 6.07) is 53.9. The molecule has 3 amide bonds. The standard InChI is InChI=1S/2C36H51N5O4S.C28H44N4O4.C8H7NS/c2*1-23-29-18-27(36(29,3)4)19-30(23)38-34(44)33-32(24(2)43)31(22-42)45-41(33)21-26-11-8-12-28(17-26)39-13-15-40(16-14-39)35(46)37-20-25-9-6-5-7-10-25;1-17-22-13-20(28(22,3)4)14-23(17)30-27(35)26-25(18(2)34)24(16-33)36-32(26)15-19-6-5-7-21(12-19)31-10-8-29-9-11-31;10-7-9-6-8-4-2-1-3-5-8/h2*5-12,17,23-24,27,29-33,42-43H,13-16,18-22H2,1-4H3,(H,37,46)(H,38,44);5-7,12,17-18,20,22-26,29,33-34H,8-11,13-16H2,1-4H3,(H,30,35);1-5H,6H2/t2*23-,24-,27+,29-,30-,31-,32+,33-;17-,18-,20+,22-,23-,24-,25+,26-;/m000./s1. The number of carbonyl (C=O) groups excluding carboxylic acids is 3. The van der Waals surface area contributed by atoms with Gasteiger partial charge in [-0.3, -0.25) is 28.9 Å². The van der Waals surface area contributed by atoms with Crippen molar-refractivity contribution in [3.05, 3.63) is 197 Å². The average molecular weight is 1950 g/mol. The van der Waals surface area contributed by atoms with E-state index in [4.69, 9.17) is 38.9 Å². The number of aliphatic hydroxyl groups excluding tert-OH is 6. The summed E-state index contributed by atoms with van der Waals surface area (Å²) in [6.07, 6.45) is 2.37. The molecular weight excluding hydrogens is 1800 g/mol. The molecule has 138 heavy (non-hydrogen) atoms. The summed E-state index contributed by atoms with van der Waals surface area (Å²) >= 11 is 15.8. The van der Waals surface area contributed by atoms with E-state index in [-0.39, 0.29) is 55.7 Å². The summed E-state index contributed by atoms with van der Waals surface area (Å²) < 4.78 is 0. The Balaban J connectivity index is 0.000000150. The maximum absolute atomic E-state index is 14.0. The zero-order valence-electron chi connectivity index (χ0n) is 82.9. The zero-order valence-corrected chi connectivity index (χ0v) is 85.4. The number of piperazine rings is 3. The second-order valence-electron chi connectivity index (χ2n) is 43.1. The minimum atomic E-state index is -0.815. The maximum atomic E-state index is 14.0. The molecule has 6 aromatic rings. The van der Waals surface area contributed by atoms with Gasteiger partial charge in [0, 0.05) is 145 Å². The molecule has 9 saturated carbocycles. The van der Waals surface area contributed by atoms with Crippen molar-refractivity contribution in [1.29, 1.82) is 0 Å². The lowest BCUT2D eigenvalue weighted by atomic mass is 9.45. The summed E-state index contributed by atoms with van der Waals surface area (Å²) in [5.41, 5.74) is 11.0. The number of aliphatic imine (C=N–C) groups is 1. The van der Waals surface area contributed by atoms with Crippen molar-refractivity contribution < 1.29 is 59.5 Å². The number of hydrogen-bond donors (Lipinski definition) is 12. The largest absolute Gasteiger partial charge is 0.394 e. The molecule has 15 aliphatic rings. The van der Waals surface area contributed by atoms with Crippen molar-refractivity contribution in [2.45, 2.75) is 234 Å². The number of hydroxylamine groups is 6. The molecule has 12 N–H and O–H groups in total. The molecule has 0 unspecified atom stereocenters. The van der Waals surface area contributed by atoms with Gasteiger partial charge in [0.2, 0.25) is 17.7 Å². The Kier molecular flexibility index (Phi) is 35.0. The molecule has 0 aromatic heterocycles. The second kappa shape index (κ2) is 46.4. The van der Waals surface area contributed by atoms with Crippen LogP contribution in [0.1, 0.15) is 155 Å². The molecule has 9 aliphatic carbocycles. The minimum Gasteiger partial charge on any atom is -0.394 e.